The standard InChI is InChI=1S/C21H19N3O4/c25-19-8-6-12-9-13(5-7-16(12)23-19)20(26)24-18(21(27)28)10-14-11-22-17-4-2-1-3-15(14)17/h1-5,7,9,11,18,22H,6,8,10H2,(H,23,25)(H,24,26)(H,27,28)/t18-/m1/s1. The smallest absolute Gasteiger partial charge is 0.326 e. The van der Waals surface area contributed by atoms with Crippen LogP contribution in [0.2, 0.25) is 0 Å². The van der Waals surface area contributed by atoms with Gasteiger partial charge in [-0.15, -0.1) is 0 Å². The zero-order chi connectivity index (χ0) is 19.7. The SMILES string of the molecule is O=C1CCc2cc(C(=O)N[C@H](Cc3c[nH]c4ccccc34)C(=O)O)ccc2N1. The highest BCUT2D eigenvalue weighted by Gasteiger charge is 2.23. The first-order chi connectivity index (χ1) is 13.5. The van der Waals surface area contributed by atoms with Crippen LogP contribution in [0, 0.1) is 0 Å². The summed E-state index contributed by atoms with van der Waals surface area (Å²) in [5, 5.41) is 15.9. The third kappa shape index (κ3) is 3.46. The van der Waals surface area contributed by atoms with E-state index in [9.17, 15) is 19.5 Å². The molecule has 7 heteroatoms. The summed E-state index contributed by atoms with van der Waals surface area (Å²) in [5.74, 6) is -1.59. The van der Waals surface area contributed by atoms with E-state index in [0.717, 1.165) is 22.0 Å². The third-order valence-electron chi connectivity index (χ3n) is 4.97. The Morgan fingerprint density at radius 2 is 1.96 bits per heavy atom. The van der Waals surface area contributed by atoms with Gasteiger partial charge < -0.3 is 20.7 Å². The molecule has 3 aromatic rings. The Labute approximate surface area is 160 Å². The number of para-hydroxylation sites is 1. The van der Waals surface area contributed by atoms with Gasteiger partial charge in [0.25, 0.3) is 5.91 Å². The average molecular weight is 377 g/mol. The van der Waals surface area contributed by atoms with E-state index in [2.05, 4.69) is 15.6 Å². The van der Waals surface area contributed by atoms with Crippen molar-refractivity contribution in [2.24, 2.45) is 0 Å². The van der Waals surface area contributed by atoms with Crippen LogP contribution in [0.15, 0.2) is 48.7 Å². The van der Waals surface area contributed by atoms with E-state index in [1.807, 2.05) is 24.3 Å². The molecular formula is C21H19N3O4. The highest BCUT2D eigenvalue weighted by Crippen LogP contribution is 2.24. The van der Waals surface area contributed by atoms with Crippen molar-refractivity contribution in [3.8, 4) is 0 Å². The monoisotopic (exact) mass is 377 g/mol. The number of carbonyl (C=O) groups excluding carboxylic acids is 2. The lowest BCUT2D eigenvalue weighted by Crippen LogP contribution is -2.42. The van der Waals surface area contributed by atoms with Crippen LogP contribution in [0.25, 0.3) is 10.9 Å². The number of benzene rings is 2. The molecule has 0 unspecified atom stereocenters. The van der Waals surface area contributed by atoms with Crippen molar-refractivity contribution < 1.29 is 19.5 Å². The van der Waals surface area contributed by atoms with E-state index in [4.69, 9.17) is 0 Å². The summed E-state index contributed by atoms with van der Waals surface area (Å²) in [4.78, 5) is 38.9. The van der Waals surface area contributed by atoms with Gasteiger partial charge in [0.05, 0.1) is 0 Å². The molecule has 1 atom stereocenters. The van der Waals surface area contributed by atoms with Gasteiger partial charge in [-0.05, 0) is 41.8 Å². The number of aliphatic carboxylic acids is 1. The fourth-order valence-corrected chi connectivity index (χ4v) is 3.49. The Kier molecular flexibility index (Phi) is 4.57. The average Bonchev–Trinajstić information content (AvgIpc) is 3.10. The van der Waals surface area contributed by atoms with Crippen molar-refractivity contribution in [3.63, 3.8) is 0 Å². The molecule has 0 radical (unpaired) electrons. The lowest BCUT2D eigenvalue weighted by Gasteiger charge is -2.18. The molecule has 1 aliphatic heterocycles. The van der Waals surface area contributed by atoms with Crippen molar-refractivity contribution in [3.05, 3.63) is 65.4 Å². The summed E-state index contributed by atoms with van der Waals surface area (Å²) >= 11 is 0. The lowest BCUT2D eigenvalue weighted by atomic mass is 9.99. The molecule has 0 fully saturated rings. The number of H-pyrrole nitrogens is 1. The summed E-state index contributed by atoms with van der Waals surface area (Å²) in [6.07, 6.45) is 2.87. The Hall–Kier alpha value is -3.61. The maximum absolute atomic E-state index is 12.6. The second-order valence-electron chi connectivity index (χ2n) is 6.85. The van der Waals surface area contributed by atoms with Crippen molar-refractivity contribution in [2.75, 3.05) is 5.32 Å². The minimum absolute atomic E-state index is 0.0469. The molecule has 2 amide bonds. The largest absolute Gasteiger partial charge is 0.480 e. The number of aromatic amines is 1. The minimum Gasteiger partial charge on any atom is -0.480 e. The molecule has 1 aromatic heterocycles. The van der Waals surface area contributed by atoms with Gasteiger partial charge in [0, 0.05) is 41.2 Å². The van der Waals surface area contributed by atoms with Crippen molar-refractivity contribution in [1.82, 2.24) is 10.3 Å². The molecule has 1 aliphatic rings. The van der Waals surface area contributed by atoms with E-state index in [1.54, 1.807) is 24.4 Å². The van der Waals surface area contributed by atoms with Crippen LogP contribution in [0.5, 0.6) is 0 Å². The van der Waals surface area contributed by atoms with Gasteiger partial charge in [-0.2, -0.15) is 0 Å². The Morgan fingerprint density at radius 3 is 2.79 bits per heavy atom. The molecule has 7 nitrogen and oxygen atoms in total. The van der Waals surface area contributed by atoms with Crippen LogP contribution in [-0.4, -0.2) is 33.9 Å². The van der Waals surface area contributed by atoms with E-state index in [1.165, 1.54) is 0 Å². The highest BCUT2D eigenvalue weighted by molar-refractivity contribution is 5.99. The molecule has 2 aromatic carbocycles. The molecule has 0 spiro atoms. The number of carboxylic acids is 1. The zero-order valence-electron chi connectivity index (χ0n) is 15.0. The van der Waals surface area contributed by atoms with Crippen LogP contribution in [0.4, 0.5) is 5.69 Å². The number of aryl methyl sites for hydroxylation is 1. The molecule has 0 bridgehead atoms. The normalized spacial score (nSPS) is 14.2. The van der Waals surface area contributed by atoms with Gasteiger partial charge in [-0.3, -0.25) is 9.59 Å². The molecule has 4 N–H and O–H groups in total. The maximum atomic E-state index is 12.6. The number of anilines is 1. The first kappa shape index (κ1) is 17.8. The summed E-state index contributed by atoms with van der Waals surface area (Å²) < 4.78 is 0. The number of rotatable bonds is 5. The topological polar surface area (TPSA) is 111 Å². The molecule has 28 heavy (non-hydrogen) atoms. The first-order valence-corrected chi connectivity index (χ1v) is 9.02. The van der Waals surface area contributed by atoms with Crippen LogP contribution < -0.4 is 10.6 Å². The Bertz CT molecular complexity index is 1090. The van der Waals surface area contributed by atoms with Gasteiger partial charge in [0.2, 0.25) is 5.91 Å². The number of carboxylic acid groups (broad SMARTS) is 1. The summed E-state index contributed by atoms with van der Waals surface area (Å²) in [6.45, 7) is 0. The lowest BCUT2D eigenvalue weighted by molar-refractivity contribution is -0.139. The van der Waals surface area contributed by atoms with Crippen LogP contribution in [0.1, 0.15) is 27.9 Å². The highest BCUT2D eigenvalue weighted by atomic mass is 16.4. The van der Waals surface area contributed by atoms with E-state index < -0.39 is 17.9 Å². The second-order valence-corrected chi connectivity index (χ2v) is 6.85. The number of amides is 2. The number of hydrogen-bond acceptors (Lipinski definition) is 3. The fourth-order valence-electron chi connectivity index (χ4n) is 3.49. The van der Waals surface area contributed by atoms with Gasteiger partial charge in [-0.1, -0.05) is 18.2 Å². The summed E-state index contributed by atoms with van der Waals surface area (Å²) in [7, 11) is 0. The van der Waals surface area contributed by atoms with E-state index in [0.29, 0.717) is 24.1 Å². The van der Waals surface area contributed by atoms with E-state index in [-0.39, 0.29) is 12.3 Å². The molecule has 0 aliphatic carbocycles. The summed E-state index contributed by atoms with van der Waals surface area (Å²) in [6, 6.07) is 11.5. The maximum Gasteiger partial charge on any atom is 0.326 e. The van der Waals surface area contributed by atoms with Gasteiger partial charge >= 0.3 is 5.97 Å². The van der Waals surface area contributed by atoms with Crippen LogP contribution in [-0.2, 0) is 22.4 Å². The number of carbonyl (C=O) groups is 3. The van der Waals surface area contributed by atoms with Gasteiger partial charge in [0.15, 0.2) is 0 Å². The quantitative estimate of drug-likeness (QED) is 0.547. The summed E-state index contributed by atoms with van der Waals surface area (Å²) in [5.41, 5.74) is 3.69. The van der Waals surface area contributed by atoms with Crippen LogP contribution in [0.3, 0.4) is 0 Å². The van der Waals surface area contributed by atoms with Gasteiger partial charge in [0.1, 0.15) is 6.04 Å². The number of hydrogen-bond donors (Lipinski definition) is 4. The van der Waals surface area contributed by atoms with Crippen LogP contribution >= 0.6 is 0 Å². The molecule has 142 valence electrons. The number of aromatic nitrogens is 1. The van der Waals surface area contributed by atoms with Crippen molar-refractivity contribution in [1.29, 1.82) is 0 Å². The minimum atomic E-state index is -1.09. The zero-order valence-corrected chi connectivity index (χ0v) is 15.0. The fraction of sp³-hybridized carbons (Fsp3) is 0.190. The second kappa shape index (κ2) is 7.19. The Morgan fingerprint density at radius 1 is 1.14 bits per heavy atom. The predicted octanol–water partition coefficient (Wildman–Crippen LogP) is 2.48. The van der Waals surface area contributed by atoms with Gasteiger partial charge in [-0.25, -0.2) is 4.79 Å². The Balaban J connectivity index is 1.53. The molecule has 0 saturated heterocycles. The number of fused-ring (bicyclic) bond motifs is 2. The molecular weight excluding hydrogens is 358 g/mol. The van der Waals surface area contributed by atoms with Crippen molar-refractivity contribution >= 4 is 34.4 Å². The predicted molar refractivity (Wildman–Crippen MR) is 104 cm³/mol. The molecule has 2 heterocycles. The van der Waals surface area contributed by atoms with Crippen molar-refractivity contribution in [2.45, 2.75) is 25.3 Å². The van der Waals surface area contributed by atoms with E-state index >= 15 is 0 Å². The number of nitrogens with one attached hydrogen (secondary N) is 3. The third-order valence-corrected chi connectivity index (χ3v) is 4.97. The first-order valence-electron chi connectivity index (χ1n) is 9.02. The molecule has 0 saturated carbocycles. The molecule has 4 rings (SSSR count).